The Morgan fingerprint density at radius 3 is 2.30 bits per heavy atom. The SMILES string of the molecule is Cc1cc(-c2cccc[n+]2C)c(C)cc1CC(C)(C)C. The van der Waals surface area contributed by atoms with E-state index in [9.17, 15) is 0 Å². The van der Waals surface area contributed by atoms with E-state index in [-0.39, 0.29) is 0 Å². The van der Waals surface area contributed by atoms with Crippen LogP contribution in [0.5, 0.6) is 0 Å². The summed E-state index contributed by atoms with van der Waals surface area (Å²) < 4.78 is 2.19. The van der Waals surface area contributed by atoms with Gasteiger partial charge < -0.3 is 0 Å². The largest absolute Gasteiger partial charge is 0.212 e. The molecule has 1 nitrogen and oxygen atoms in total. The Balaban J connectivity index is 2.49. The summed E-state index contributed by atoms with van der Waals surface area (Å²) in [5.41, 5.74) is 7.16. The van der Waals surface area contributed by atoms with E-state index in [0.29, 0.717) is 5.41 Å². The zero-order chi connectivity index (χ0) is 14.9. The average molecular weight is 268 g/mol. The minimum absolute atomic E-state index is 0.329. The van der Waals surface area contributed by atoms with Crippen LogP contribution < -0.4 is 4.57 Å². The lowest BCUT2D eigenvalue weighted by molar-refractivity contribution is -0.660. The molecule has 0 saturated carbocycles. The van der Waals surface area contributed by atoms with Gasteiger partial charge in [-0.2, -0.15) is 0 Å². The fourth-order valence-corrected chi connectivity index (χ4v) is 2.72. The van der Waals surface area contributed by atoms with Crippen LogP contribution in [0.15, 0.2) is 36.5 Å². The third kappa shape index (κ3) is 3.27. The standard InChI is InChI=1S/C19H26N/c1-14-12-17(18-9-7-8-10-20(18)6)15(2)11-16(14)13-19(3,4)5/h7-12H,13H2,1-6H3/q+1. The normalized spacial score (nSPS) is 11.7. The summed E-state index contributed by atoms with van der Waals surface area (Å²) >= 11 is 0. The molecular weight excluding hydrogens is 242 g/mol. The Morgan fingerprint density at radius 1 is 1.00 bits per heavy atom. The van der Waals surface area contributed by atoms with Crippen LogP contribution in [0.3, 0.4) is 0 Å². The molecule has 0 saturated heterocycles. The molecule has 0 radical (unpaired) electrons. The molecule has 0 spiro atoms. The van der Waals surface area contributed by atoms with Crippen LogP contribution in [0, 0.1) is 19.3 Å². The van der Waals surface area contributed by atoms with Crippen LogP contribution in [0.25, 0.3) is 11.3 Å². The molecular formula is C19H26N+. The number of nitrogens with zero attached hydrogens (tertiary/aromatic N) is 1. The van der Waals surface area contributed by atoms with Crippen LogP contribution in [-0.2, 0) is 13.5 Å². The first kappa shape index (κ1) is 14.8. The predicted octanol–water partition coefficient (Wildman–Crippen LogP) is 4.38. The topological polar surface area (TPSA) is 3.88 Å². The fourth-order valence-electron chi connectivity index (χ4n) is 2.72. The maximum absolute atomic E-state index is 2.36. The second-order valence-corrected chi connectivity index (χ2v) is 7.03. The lowest BCUT2D eigenvalue weighted by Crippen LogP contribution is -2.30. The molecule has 0 aliphatic rings. The van der Waals surface area contributed by atoms with Crippen LogP contribution in [0.4, 0.5) is 0 Å². The first-order chi connectivity index (χ1) is 9.28. The third-order valence-corrected chi connectivity index (χ3v) is 3.73. The molecule has 1 aromatic heterocycles. The molecule has 0 amide bonds. The van der Waals surface area contributed by atoms with Gasteiger partial charge in [0, 0.05) is 17.7 Å². The van der Waals surface area contributed by atoms with E-state index in [1.165, 1.54) is 27.9 Å². The molecule has 2 aromatic rings. The average Bonchev–Trinajstić information content (AvgIpc) is 2.33. The molecule has 1 aromatic carbocycles. The number of rotatable bonds is 2. The number of hydrogen-bond donors (Lipinski definition) is 0. The Labute approximate surface area is 123 Å². The quantitative estimate of drug-likeness (QED) is 0.711. The summed E-state index contributed by atoms with van der Waals surface area (Å²) in [6.45, 7) is 11.3. The van der Waals surface area contributed by atoms with E-state index in [0.717, 1.165) is 6.42 Å². The van der Waals surface area contributed by atoms with E-state index in [1.807, 2.05) is 0 Å². The Kier molecular flexibility index (Phi) is 3.99. The molecule has 0 unspecified atom stereocenters. The van der Waals surface area contributed by atoms with Crippen molar-refractivity contribution in [1.82, 2.24) is 0 Å². The summed E-state index contributed by atoms with van der Waals surface area (Å²) in [5, 5.41) is 0. The van der Waals surface area contributed by atoms with Crippen molar-refractivity contribution in [2.75, 3.05) is 0 Å². The van der Waals surface area contributed by atoms with Crippen molar-refractivity contribution in [3.8, 4) is 11.3 Å². The molecule has 1 heteroatoms. The Bertz CT molecular complexity index is 618. The highest BCUT2D eigenvalue weighted by atomic mass is 14.9. The van der Waals surface area contributed by atoms with Gasteiger partial charge in [-0.1, -0.05) is 26.8 Å². The highest BCUT2D eigenvalue weighted by molar-refractivity contribution is 5.63. The first-order valence-corrected chi connectivity index (χ1v) is 7.33. The molecule has 1 heterocycles. The molecule has 0 aliphatic heterocycles. The van der Waals surface area contributed by atoms with Gasteiger partial charge in [-0.05, 0) is 54.5 Å². The molecule has 0 N–H and O–H groups in total. The van der Waals surface area contributed by atoms with Gasteiger partial charge in [0.15, 0.2) is 6.20 Å². The van der Waals surface area contributed by atoms with Gasteiger partial charge in [-0.15, -0.1) is 0 Å². The van der Waals surface area contributed by atoms with E-state index >= 15 is 0 Å². The minimum Gasteiger partial charge on any atom is -0.201 e. The lowest BCUT2D eigenvalue weighted by Gasteiger charge is -2.20. The summed E-state index contributed by atoms with van der Waals surface area (Å²) in [6, 6.07) is 11.1. The number of pyridine rings is 1. The van der Waals surface area contributed by atoms with Gasteiger partial charge in [-0.3, -0.25) is 0 Å². The summed E-state index contributed by atoms with van der Waals surface area (Å²) in [7, 11) is 2.10. The van der Waals surface area contributed by atoms with Gasteiger partial charge in [0.1, 0.15) is 7.05 Å². The maximum Gasteiger partial charge on any atom is 0.212 e. The fraction of sp³-hybridized carbons (Fsp3) is 0.421. The summed E-state index contributed by atoms with van der Waals surface area (Å²) in [6.07, 6.45) is 3.23. The van der Waals surface area contributed by atoms with Crippen LogP contribution in [0.1, 0.15) is 37.5 Å². The molecule has 20 heavy (non-hydrogen) atoms. The van der Waals surface area contributed by atoms with E-state index < -0.39 is 0 Å². The summed E-state index contributed by atoms with van der Waals surface area (Å²) in [5.74, 6) is 0. The molecule has 0 atom stereocenters. The second kappa shape index (κ2) is 5.40. The monoisotopic (exact) mass is 268 g/mol. The lowest BCUT2D eigenvalue weighted by atomic mass is 9.85. The first-order valence-electron chi connectivity index (χ1n) is 7.33. The van der Waals surface area contributed by atoms with Crippen LogP contribution in [0.2, 0.25) is 0 Å². The van der Waals surface area contributed by atoms with Gasteiger partial charge in [0.05, 0.1) is 0 Å². The smallest absolute Gasteiger partial charge is 0.201 e. The maximum atomic E-state index is 2.36. The molecule has 0 aliphatic carbocycles. The van der Waals surface area contributed by atoms with Gasteiger partial charge >= 0.3 is 0 Å². The zero-order valence-corrected chi connectivity index (χ0v) is 13.6. The van der Waals surface area contributed by atoms with E-state index in [4.69, 9.17) is 0 Å². The minimum atomic E-state index is 0.329. The van der Waals surface area contributed by atoms with Crippen molar-refractivity contribution in [3.05, 3.63) is 53.2 Å². The Morgan fingerprint density at radius 2 is 1.70 bits per heavy atom. The zero-order valence-electron chi connectivity index (χ0n) is 13.6. The van der Waals surface area contributed by atoms with Crippen molar-refractivity contribution in [1.29, 1.82) is 0 Å². The molecule has 106 valence electrons. The number of aromatic nitrogens is 1. The number of aryl methyl sites for hydroxylation is 3. The van der Waals surface area contributed by atoms with E-state index in [1.54, 1.807) is 0 Å². The highest BCUT2D eigenvalue weighted by Gasteiger charge is 2.17. The Hall–Kier alpha value is -1.63. The third-order valence-electron chi connectivity index (χ3n) is 3.73. The van der Waals surface area contributed by atoms with Crippen molar-refractivity contribution in [3.63, 3.8) is 0 Å². The van der Waals surface area contributed by atoms with Gasteiger partial charge in [0.2, 0.25) is 5.69 Å². The van der Waals surface area contributed by atoms with Gasteiger partial charge in [0.25, 0.3) is 0 Å². The second-order valence-electron chi connectivity index (χ2n) is 7.03. The molecule has 2 rings (SSSR count). The van der Waals surface area contributed by atoms with Crippen LogP contribution in [-0.4, -0.2) is 0 Å². The van der Waals surface area contributed by atoms with Crippen LogP contribution >= 0.6 is 0 Å². The van der Waals surface area contributed by atoms with Crippen molar-refractivity contribution >= 4 is 0 Å². The van der Waals surface area contributed by atoms with Crippen molar-refractivity contribution in [2.45, 2.75) is 41.0 Å². The highest BCUT2D eigenvalue weighted by Crippen LogP contribution is 2.28. The van der Waals surface area contributed by atoms with E-state index in [2.05, 4.69) is 82.8 Å². The molecule has 0 fully saturated rings. The summed E-state index contributed by atoms with van der Waals surface area (Å²) in [4.78, 5) is 0. The van der Waals surface area contributed by atoms with Crippen molar-refractivity contribution in [2.24, 2.45) is 12.5 Å². The number of hydrogen-bond acceptors (Lipinski definition) is 0. The van der Waals surface area contributed by atoms with Crippen molar-refractivity contribution < 1.29 is 4.57 Å². The number of benzene rings is 1. The molecule has 0 bridgehead atoms. The van der Waals surface area contributed by atoms with Gasteiger partial charge in [-0.25, -0.2) is 4.57 Å². The predicted molar refractivity (Wildman–Crippen MR) is 85.7 cm³/mol.